The van der Waals surface area contributed by atoms with Crippen LogP contribution in [0, 0.1) is 48.9 Å². The molecule has 0 heterocycles. The summed E-state index contributed by atoms with van der Waals surface area (Å²) in [6, 6.07) is 9.27. The molecule has 2 aromatic carbocycles. The van der Waals surface area contributed by atoms with Crippen molar-refractivity contribution in [2.75, 3.05) is 0 Å². The lowest BCUT2D eigenvalue weighted by Crippen LogP contribution is -1.96. The summed E-state index contributed by atoms with van der Waals surface area (Å²) in [5, 5.41) is 0. The third kappa shape index (κ3) is 13.0. The molecular formula is C34H20O12. The molecule has 12 heteroatoms. The number of esters is 4. The molecule has 2 aromatic rings. The van der Waals surface area contributed by atoms with Crippen LogP contribution in [-0.2, 0) is 38.1 Å². The maximum Gasteiger partial charge on any atom is 0.344 e. The molecule has 0 aliphatic rings. The van der Waals surface area contributed by atoms with Crippen LogP contribution in [0.3, 0.4) is 0 Å². The summed E-state index contributed by atoms with van der Waals surface area (Å²) < 4.78 is 39.4. The molecule has 0 saturated carbocycles. The van der Waals surface area contributed by atoms with Crippen LogP contribution >= 0.6 is 0 Å². The fraction of sp³-hybridized carbons (Fsp3) is 0. The van der Waals surface area contributed by atoms with E-state index in [0.717, 1.165) is 24.3 Å². The van der Waals surface area contributed by atoms with Crippen molar-refractivity contribution in [1.82, 2.24) is 0 Å². The average Bonchev–Trinajstić information content (AvgIpc) is 3.08. The van der Waals surface area contributed by atoms with E-state index in [9.17, 15) is 19.2 Å². The summed E-state index contributed by atoms with van der Waals surface area (Å²) >= 11 is 0. The Morgan fingerprint density at radius 1 is 0.435 bits per heavy atom. The zero-order valence-corrected chi connectivity index (χ0v) is 23.7. The second kappa shape index (κ2) is 19.6. The van der Waals surface area contributed by atoms with Crippen molar-refractivity contribution in [3.63, 3.8) is 0 Å². The summed E-state index contributed by atoms with van der Waals surface area (Å²) in [5.41, 5.74) is 1.15. The first-order chi connectivity index (χ1) is 22.3. The van der Waals surface area contributed by atoms with Crippen molar-refractivity contribution >= 4 is 36.0 Å². The number of hydrogen-bond acceptors (Lipinski definition) is 12. The molecular weight excluding hydrogens is 600 g/mol. The number of carbonyl (C=O) groups excluding carboxylic acids is 4. The van der Waals surface area contributed by atoms with Gasteiger partial charge in [-0.25, -0.2) is 19.2 Å². The van der Waals surface area contributed by atoms with Gasteiger partial charge in [0.2, 0.25) is 0 Å². The van der Waals surface area contributed by atoms with E-state index in [-0.39, 0.29) is 23.0 Å². The van der Waals surface area contributed by atoms with Crippen molar-refractivity contribution in [3.05, 3.63) is 98.1 Å². The normalized spacial score (nSPS) is 8.78. The van der Waals surface area contributed by atoms with Crippen molar-refractivity contribution < 1.29 is 57.1 Å². The van der Waals surface area contributed by atoms with E-state index in [1.54, 1.807) is 24.3 Å². The van der Waals surface area contributed by atoms with Gasteiger partial charge in [-0.1, -0.05) is 50.6 Å². The molecule has 2 rings (SSSR count). The first-order valence-corrected chi connectivity index (χ1v) is 12.3. The van der Waals surface area contributed by atoms with Gasteiger partial charge in [-0.05, 0) is 35.4 Å². The third-order valence-corrected chi connectivity index (χ3v) is 4.49. The lowest BCUT2D eigenvalue weighted by Gasteiger charge is -2.06. The Morgan fingerprint density at radius 2 is 0.717 bits per heavy atom. The lowest BCUT2D eigenvalue weighted by atomic mass is 10.1. The van der Waals surface area contributed by atoms with E-state index in [2.05, 4.69) is 81.9 Å². The molecule has 0 aliphatic heterocycles. The van der Waals surface area contributed by atoms with E-state index in [4.69, 9.17) is 18.9 Å². The first kappa shape index (κ1) is 34.7. The van der Waals surface area contributed by atoms with Gasteiger partial charge in [-0.3, -0.25) is 0 Å². The molecule has 0 aromatic heterocycles. The average molecular weight is 621 g/mol. The van der Waals surface area contributed by atoms with Crippen molar-refractivity contribution in [3.8, 4) is 71.9 Å². The Balaban J connectivity index is 2.35. The fourth-order valence-electron chi connectivity index (χ4n) is 2.53. The van der Waals surface area contributed by atoms with Crippen LogP contribution in [0.2, 0.25) is 0 Å². The molecule has 0 unspecified atom stereocenters. The van der Waals surface area contributed by atoms with Crippen LogP contribution in [0.15, 0.2) is 87.0 Å². The minimum absolute atomic E-state index is 0.0569. The predicted molar refractivity (Wildman–Crippen MR) is 161 cm³/mol. The number of benzene rings is 2. The number of hydrogen-bond donors (Lipinski definition) is 0. The largest absolute Gasteiger partial charge is 0.401 e. The van der Waals surface area contributed by atoms with Crippen molar-refractivity contribution in [2.24, 2.45) is 0 Å². The summed E-state index contributed by atoms with van der Waals surface area (Å²) in [7, 11) is 0. The molecule has 0 fully saturated rings. The predicted octanol–water partition coefficient (Wildman–Crippen LogP) is 3.96. The zero-order chi connectivity index (χ0) is 33.6. The molecule has 228 valence electrons. The van der Waals surface area contributed by atoms with Gasteiger partial charge in [0.1, 0.15) is 0 Å². The second-order valence-corrected chi connectivity index (χ2v) is 7.47. The van der Waals surface area contributed by atoms with E-state index in [1.165, 1.54) is 24.3 Å². The first-order valence-electron chi connectivity index (χ1n) is 12.3. The summed E-state index contributed by atoms with van der Waals surface area (Å²) in [4.78, 5) is 44.7. The molecule has 0 amide bonds. The summed E-state index contributed by atoms with van der Waals surface area (Å²) in [6.45, 7) is 13.0. The maximum atomic E-state index is 11.2. The van der Waals surface area contributed by atoms with Crippen LogP contribution < -0.4 is 18.9 Å². The van der Waals surface area contributed by atoms with Gasteiger partial charge < -0.3 is 37.9 Å². The maximum absolute atomic E-state index is 11.2. The van der Waals surface area contributed by atoms with Crippen molar-refractivity contribution in [2.45, 2.75) is 0 Å². The zero-order valence-electron chi connectivity index (χ0n) is 23.7. The molecule has 0 spiro atoms. The van der Waals surface area contributed by atoms with Gasteiger partial charge >= 0.3 is 23.9 Å². The molecule has 46 heavy (non-hydrogen) atoms. The highest BCUT2D eigenvalue weighted by Crippen LogP contribution is 2.31. The van der Waals surface area contributed by atoms with Gasteiger partial charge in [0.05, 0.1) is 0 Å². The Labute approximate surface area is 263 Å². The summed E-state index contributed by atoms with van der Waals surface area (Å²) in [6.07, 6.45) is 24.0. The molecule has 0 radical (unpaired) electrons. The van der Waals surface area contributed by atoms with E-state index >= 15 is 0 Å². The molecule has 0 N–H and O–H groups in total. The highest BCUT2D eigenvalue weighted by Gasteiger charge is 2.08. The van der Waals surface area contributed by atoms with Gasteiger partial charge in [0.15, 0.2) is 71.9 Å². The van der Waals surface area contributed by atoms with Crippen LogP contribution in [0.5, 0.6) is 23.0 Å². The minimum atomic E-state index is -0.786. The Morgan fingerprint density at radius 3 is 1.00 bits per heavy atom. The van der Waals surface area contributed by atoms with Gasteiger partial charge in [0.25, 0.3) is 0 Å². The van der Waals surface area contributed by atoms with E-state index in [0.29, 0.717) is 11.1 Å². The van der Waals surface area contributed by atoms with E-state index < -0.39 is 23.9 Å². The highest BCUT2D eigenvalue weighted by molar-refractivity contribution is 5.83. The van der Waals surface area contributed by atoms with Crippen LogP contribution in [-0.4, -0.2) is 23.9 Å². The Kier molecular flexibility index (Phi) is 14.7. The standard InChI is InChI=1S/C34H20O12/c1-5-31(35)43-19-15-39-27-13-11-25(23-29(27)41-17-21-45-33(37)7-3)9-10-26-12-14-28(40-16-20-44-32(36)6-2)30(24-26)42-18-22-46-34(38)8-4/h5-14,23-24H,1-4H2/b10-9+. The number of rotatable bonds is 10. The van der Waals surface area contributed by atoms with Crippen LogP contribution in [0.1, 0.15) is 11.1 Å². The van der Waals surface area contributed by atoms with Crippen LogP contribution in [0.4, 0.5) is 0 Å². The summed E-state index contributed by atoms with van der Waals surface area (Å²) in [5.74, 6) is -2.85. The van der Waals surface area contributed by atoms with Gasteiger partial charge in [-0.15, -0.1) is 0 Å². The number of carbonyl (C=O) groups is 4. The lowest BCUT2D eigenvalue weighted by molar-refractivity contribution is -0.132. The highest BCUT2D eigenvalue weighted by atomic mass is 16.6. The second-order valence-electron chi connectivity index (χ2n) is 7.47. The smallest absolute Gasteiger partial charge is 0.344 e. The Bertz CT molecular complexity index is 1690. The topological polar surface area (TPSA) is 142 Å². The van der Waals surface area contributed by atoms with E-state index in [1.807, 2.05) is 12.2 Å². The quantitative estimate of drug-likeness (QED) is 0.125. The molecule has 0 aliphatic carbocycles. The van der Waals surface area contributed by atoms with Crippen LogP contribution in [0.25, 0.3) is 12.2 Å². The fourth-order valence-corrected chi connectivity index (χ4v) is 2.53. The molecule has 0 saturated heterocycles. The minimum Gasteiger partial charge on any atom is -0.401 e. The molecule has 12 nitrogen and oxygen atoms in total. The van der Waals surface area contributed by atoms with Gasteiger partial charge in [-0.2, -0.15) is 0 Å². The molecule has 0 atom stereocenters. The monoisotopic (exact) mass is 620 g/mol. The third-order valence-electron chi connectivity index (χ3n) is 4.49. The number of ether oxygens (including phenoxy) is 8. The Hall–Kier alpha value is -7.54. The molecule has 0 bridgehead atoms. The SMILES string of the molecule is C=CC(=O)OC#COc1ccc(/C=C/c2ccc(OC#COC(=O)C=C)c(OC#COC(=O)C=C)c2)cc1OC#COC(=O)C=C. The van der Waals surface area contributed by atoms with Gasteiger partial charge in [0, 0.05) is 24.3 Å². The van der Waals surface area contributed by atoms with Crippen molar-refractivity contribution in [1.29, 1.82) is 0 Å².